The highest BCUT2D eigenvalue weighted by atomic mass is 16.5. The number of rotatable bonds is 3. The molecule has 1 N–H and O–H groups in total. The number of nitrogens with one attached hydrogen (secondary N) is 1. The maximum absolute atomic E-state index is 5.94. The molecule has 2 atom stereocenters. The van der Waals surface area contributed by atoms with Gasteiger partial charge in [0, 0.05) is 18.5 Å². The maximum atomic E-state index is 5.94. The number of ether oxygens (including phenoxy) is 1. The van der Waals surface area contributed by atoms with Crippen LogP contribution in [0.3, 0.4) is 0 Å². The van der Waals surface area contributed by atoms with Crippen LogP contribution < -0.4 is 5.32 Å². The lowest BCUT2D eigenvalue weighted by molar-refractivity contribution is -0.0708. The fraction of sp³-hybridized carbons (Fsp3) is 1.00. The van der Waals surface area contributed by atoms with Crippen LogP contribution >= 0.6 is 0 Å². The molecule has 0 bridgehead atoms. The van der Waals surface area contributed by atoms with Crippen LogP contribution in [0.15, 0.2) is 0 Å². The summed E-state index contributed by atoms with van der Waals surface area (Å²) >= 11 is 0. The molecule has 100 valence electrons. The summed E-state index contributed by atoms with van der Waals surface area (Å²) in [4.78, 5) is 2.57. The average Bonchev–Trinajstić information content (AvgIpc) is 2.32. The molecule has 2 aliphatic rings. The van der Waals surface area contributed by atoms with E-state index >= 15 is 0 Å². The molecule has 0 aromatic carbocycles. The van der Waals surface area contributed by atoms with Crippen LogP contribution in [-0.4, -0.2) is 43.9 Å². The normalized spacial score (nSPS) is 34.8. The Balaban J connectivity index is 1.74. The van der Waals surface area contributed by atoms with Crippen molar-refractivity contribution in [1.82, 2.24) is 10.2 Å². The highest BCUT2D eigenvalue weighted by molar-refractivity contribution is 4.80. The number of hydrogen-bond donors (Lipinski definition) is 1. The van der Waals surface area contributed by atoms with Crippen molar-refractivity contribution in [2.24, 2.45) is 11.3 Å². The van der Waals surface area contributed by atoms with E-state index in [1.165, 1.54) is 38.9 Å². The van der Waals surface area contributed by atoms with Crippen LogP contribution in [0, 0.1) is 11.3 Å². The summed E-state index contributed by atoms with van der Waals surface area (Å²) in [5.41, 5.74) is 0.304. The highest BCUT2D eigenvalue weighted by Crippen LogP contribution is 2.25. The summed E-state index contributed by atoms with van der Waals surface area (Å²) in [5, 5.41) is 3.55. The molecule has 2 saturated heterocycles. The van der Waals surface area contributed by atoms with E-state index in [0.29, 0.717) is 11.6 Å². The summed E-state index contributed by atoms with van der Waals surface area (Å²) in [7, 11) is 0. The van der Waals surface area contributed by atoms with Crippen molar-refractivity contribution in [3.8, 4) is 0 Å². The first-order valence-electron chi connectivity index (χ1n) is 7.16. The van der Waals surface area contributed by atoms with Gasteiger partial charge in [-0.15, -0.1) is 0 Å². The molecule has 2 unspecified atom stereocenters. The Hall–Kier alpha value is -0.120. The molecule has 2 rings (SSSR count). The summed E-state index contributed by atoms with van der Waals surface area (Å²) < 4.78 is 5.94. The van der Waals surface area contributed by atoms with Gasteiger partial charge in [-0.2, -0.15) is 0 Å². The van der Waals surface area contributed by atoms with Crippen molar-refractivity contribution in [3.05, 3.63) is 0 Å². The van der Waals surface area contributed by atoms with Gasteiger partial charge in [-0.3, -0.25) is 5.32 Å². The Bertz CT molecular complexity index is 232. The van der Waals surface area contributed by atoms with Gasteiger partial charge in [0.2, 0.25) is 0 Å². The van der Waals surface area contributed by atoms with Gasteiger partial charge in [-0.1, -0.05) is 20.8 Å². The molecule has 3 heteroatoms. The van der Waals surface area contributed by atoms with Gasteiger partial charge in [0.1, 0.15) is 6.23 Å². The van der Waals surface area contributed by atoms with Crippen LogP contribution in [0.25, 0.3) is 0 Å². The lowest BCUT2D eigenvalue weighted by Crippen LogP contribution is -2.49. The van der Waals surface area contributed by atoms with E-state index in [0.717, 1.165) is 19.1 Å². The van der Waals surface area contributed by atoms with Gasteiger partial charge in [-0.05, 0) is 38.3 Å². The zero-order valence-electron chi connectivity index (χ0n) is 11.7. The minimum absolute atomic E-state index is 0.296. The van der Waals surface area contributed by atoms with Gasteiger partial charge < -0.3 is 9.64 Å². The molecule has 2 heterocycles. The maximum Gasteiger partial charge on any atom is 0.108 e. The molecule has 2 fully saturated rings. The zero-order valence-corrected chi connectivity index (χ0v) is 11.7. The first-order chi connectivity index (χ1) is 8.09. The smallest absolute Gasteiger partial charge is 0.108 e. The second-order valence-corrected chi connectivity index (χ2v) is 6.48. The Kier molecular flexibility index (Phi) is 4.45. The van der Waals surface area contributed by atoms with Gasteiger partial charge in [-0.25, -0.2) is 0 Å². The van der Waals surface area contributed by atoms with Crippen LogP contribution in [0.4, 0.5) is 0 Å². The molecule has 2 aliphatic heterocycles. The number of nitrogens with zero attached hydrogens (tertiary/aromatic N) is 1. The standard InChI is InChI=1S/C14H28N2O/c1-4-16-7-5-6-12(9-16)8-13-15-10-14(2,3)11-17-13/h12-13,15H,4-11H2,1-3H3. The van der Waals surface area contributed by atoms with E-state index in [1.54, 1.807) is 0 Å². The molecule has 0 amide bonds. The van der Waals surface area contributed by atoms with Gasteiger partial charge in [0.25, 0.3) is 0 Å². The second-order valence-electron chi connectivity index (χ2n) is 6.48. The molecule has 3 nitrogen and oxygen atoms in total. The Morgan fingerprint density at radius 1 is 1.41 bits per heavy atom. The third-order valence-electron chi connectivity index (χ3n) is 4.08. The van der Waals surface area contributed by atoms with Crippen LogP contribution in [0.5, 0.6) is 0 Å². The molecule has 17 heavy (non-hydrogen) atoms. The quantitative estimate of drug-likeness (QED) is 0.817. The Labute approximate surface area is 106 Å². The fourth-order valence-corrected chi connectivity index (χ4v) is 2.91. The molecule has 0 aromatic heterocycles. The van der Waals surface area contributed by atoms with E-state index in [4.69, 9.17) is 4.74 Å². The topological polar surface area (TPSA) is 24.5 Å². The Morgan fingerprint density at radius 2 is 2.24 bits per heavy atom. The number of likely N-dealkylation sites (tertiary alicyclic amines) is 1. The predicted molar refractivity (Wildman–Crippen MR) is 71.0 cm³/mol. The summed E-state index contributed by atoms with van der Waals surface area (Å²) in [6, 6.07) is 0. The minimum atomic E-state index is 0.296. The molecule has 0 aliphatic carbocycles. The van der Waals surface area contributed by atoms with E-state index in [1.807, 2.05) is 0 Å². The lowest BCUT2D eigenvalue weighted by Gasteiger charge is -2.39. The van der Waals surface area contributed by atoms with Crippen molar-refractivity contribution in [2.75, 3.05) is 32.8 Å². The van der Waals surface area contributed by atoms with Crippen molar-refractivity contribution in [3.63, 3.8) is 0 Å². The van der Waals surface area contributed by atoms with Gasteiger partial charge in [0.05, 0.1) is 6.61 Å². The predicted octanol–water partition coefficient (Wildman–Crippen LogP) is 2.08. The zero-order chi connectivity index (χ0) is 12.3. The lowest BCUT2D eigenvalue weighted by atomic mass is 9.90. The highest BCUT2D eigenvalue weighted by Gasteiger charge is 2.29. The first-order valence-corrected chi connectivity index (χ1v) is 7.16. The van der Waals surface area contributed by atoms with E-state index in [-0.39, 0.29) is 0 Å². The SMILES string of the molecule is CCN1CCCC(CC2NCC(C)(C)CO2)C1. The van der Waals surface area contributed by atoms with E-state index in [9.17, 15) is 0 Å². The first kappa shape index (κ1) is 13.3. The van der Waals surface area contributed by atoms with Gasteiger partial charge >= 0.3 is 0 Å². The molecular weight excluding hydrogens is 212 g/mol. The minimum Gasteiger partial charge on any atom is -0.363 e. The summed E-state index contributed by atoms with van der Waals surface area (Å²) in [6.45, 7) is 12.5. The average molecular weight is 240 g/mol. The molecule has 0 radical (unpaired) electrons. The van der Waals surface area contributed by atoms with Crippen LogP contribution in [-0.2, 0) is 4.74 Å². The third-order valence-corrected chi connectivity index (χ3v) is 4.08. The molecule has 0 saturated carbocycles. The monoisotopic (exact) mass is 240 g/mol. The van der Waals surface area contributed by atoms with Crippen LogP contribution in [0.2, 0.25) is 0 Å². The number of piperidine rings is 1. The number of hydrogen-bond acceptors (Lipinski definition) is 3. The van der Waals surface area contributed by atoms with E-state index in [2.05, 4.69) is 31.0 Å². The second kappa shape index (κ2) is 5.68. The fourth-order valence-electron chi connectivity index (χ4n) is 2.91. The third kappa shape index (κ3) is 3.94. The van der Waals surface area contributed by atoms with E-state index < -0.39 is 0 Å². The van der Waals surface area contributed by atoms with Crippen molar-refractivity contribution >= 4 is 0 Å². The van der Waals surface area contributed by atoms with Crippen molar-refractivity contribution in [2.45, 2.75) is 46.3 Å². The molecule has 0 aromatic rings. The Morgan fingerprint density at radius 3 is 2.88 bits per heavy atom. The van der Waals surface area contributed by atoms with Gasteiger partial charge in [0.15, 0.2) is 0 Å². The van der Waals surface area contributed by atoms with Crippen molar-refractivity contribution in [1.29, 1.82) is 0 Å². The molecular formula is C14H28N2O. The molecule has 0 spiro atoms. The summed E-state index contributed by atoms with van der Waals surface area (Å²) in [6.07, 6.45) is 4.22. The largest absolute Gasteiger partial charge is 0.363 e. The van der Waals surface area contributed by atoms with Crippen LogP contribution in [0.1, 0.15) is 40.0 Å². The van der Waals surface area contributed by atoms with Crippen molar-refractivity contribution < 1.29 is 4.74 Å². The summed E-state index contributed by atoms with van der Waals surface area (Å²) in [5.74, 6) is 0.822.